The van der Waals surface area contributed by atoms with Gasteiger partial charge in [0, 0.05) is 19.1 Å². The molecule has 0 amide bonds. The molecule has 2 heterocycles. The van der Waals surface area contributed by atoms with Crippen LogP contribution in [-0.2, 0) is 11.3 Å². The van der Waals surface area contributed by atoms with Gasteiger partial charge in [0.2, 0.25) is 0 Å². The number of hydrogen-bond donors (Lipinski definition) is 0. The van der Waals surface area contributed by atoms with E-state index >= 15 is 0 Å². The smallest absolute Gasteiger partial charge is 0.273 e. The quantitative estimate of drug-likeness (QED) is 0.747. The average Bonchev–Trinajstić information content (AvgIpc) is 2.72. The summed E-state index contributed by atoms with van der Waals surface area (Å²) in [4.78, 5) is 15.5. The van der Waals surface area contributed by atoms with Crippen molar-refractivity contribution >= 4 is 23.2 Å². The van der Waals surface area contributed by atoms with Crippen molar-refractivity contribution in [3.63, 3.8) is 0 Å². The summed E-state index contributed by atoms with van der Waals surface area (Å²) in [6.45, 7) is 2.03. The molecule has 0 aliphatic carbocycles. The van der Waals surface area contributed by atoms with Crippen LogP contribution in [0.4, 0.5) is 0 Å². The van der Waals surface area contributed by atoms with Gasteiger partial charge in [-0.15, -0.1) is 0 Å². The molecular formula is C9H10Cl2N2O2. The topological polar surface area (TPSA) is 44.1 Å². The summed E-state index contributed by atoms with van der Waals surface area (Å²) in [5, 5.41) is 0.0404. The standard InChI is InChI=1S/C9H10Cl2N2O2/c10-7-8(11)12-5-13(9(7)14)3-6-1-2-15-4-6/h5-6H,1-4H2. The molecule has 0 N–H and O–H groups in total. The lowest BCUT2D eigenvalue weighted by molar-refractivity contribution is 0.182. The van der Waals surface area contributed by atoms with Gasteiger partial charge in [0.15, 0.2) is 5.15 Å². The molecule has 1 aliphatic heterocycles. The van der Waals surface area contributed by atoms with E-state index in [9.17, 15) is 4.79 Å². The summed E-state index contributed by atoms with van der Waals surface area (Å²) in [6.07, 6.45) is 2.39. The first-order valence-corrected chi connectivity index (χ1v) is 5.42. The maximum Gasteiger partial charge on any atom is 0.273 e. The first kappa shape index (κ1) is 10.9. The summed E-state index contributed by atoms with van der Waals surface area (Å²) in [5.41, 5.74) is -0.288. The van der Waals surface area contributed by atoms with Crippen LogP contribution >= 0.6 is 23.2 Å². The number of halogens is 2. The van der Waals surface area contributed by atoms with Gasteiger partial charge in [0.05, 0.1) is 12.9 Å². The van der Waals surface area contributed by atoms with Crippen molar-refractivity contribution in [2.45, 2.75) is 13.0 Å². The summed E-state index contributed by atoms with van der Waals surface area (Å²) < 4.78 is 6.71. The fourth-order valence-corrected chi connectivity index (χ4v) is 1.86. The largest absolute Gasteiger partial charge is 0.381 e. The van der Waals surface area contributed by atoms with Gasteiger partial charge in [0.25, 0.3) is 5.56 Å². The lowest BCUT2D eigenvalue weighted by Crippen LogP contribution is -2.25. The first-order valence-electron chi connectivity index (χ1n) is 4.66. The van der Waals surface area contributed by atoms with Gasteiger partial charge in [-0.1, -0.05) is 23.2 Å². The van der Waals surface area contributed by atoms with Crippen LogP contribution in [0.5, 0.6) is 0 Å². The molecule has 6 heteroatoms. The number of nitrogens with zero attached hydrogens (tertiary/aromatic N) is 2. The van der Waals surface area contributed by atoms with Crippen LogP contribution in [0.1, 0.15) is 6.42 Å². The third-order valence-electron chi connectivity index (χ3n) is 2.42. The Kier molecular flexibility index (Phi) is 3.29. The van der Waals surface area contributed by atoms with Crippen molar-refractivity contribution in [1.29, 1.82) is 0 Å². The Morgan fingerprint density at radius 2 is 2.40 bits per heavy atom. The van der Waals surface area contributed by atoms with Gasteiger partial charge in [-0.25, -0.2) is 4.98 Å². The predicted octanol–water partition coefficient (Wildman–Crippen LogP) is 1.59. The lowest BCUT2D eigenvalue weighted by atomic mass is 10.1. The van der Waals surface area contributed by atoms with E-state index in [0.717, 1.165) is 13.0 Å². The SMILES string of the molecule is O=c1c(Cl)c(Cl)ncn1CC1CCOC1. The van der Waals surface area contributed by atoms with E-state index in [4.69, 9.17) is 27.9 Å². The zero-order valence-electron chi connectivity index (χ0n) is 7.95. The maximum atomic E-state index is 11.6. The van der Waals surface area contributed by atoms with Crippen molar-refractivity contribution in [3.8, 4) is 0 Å². The van der Waals surface area contributed by atoms with Crippen molar-refractivity contribution in [2.24, 2.45) is 5.92 Å². The highest BCUT2D eigenvalue weighted by molar-refractivity contribution is 6.40. The Bertz CT molecular complexity index is 413. The van der Waals surface area contributed by atoms with Gasteiger partial charge in [-0.05, 0) is 6.42 Å². The molecule has 2 rings (SSSR count). The van der Waals surface area contributed by atoms with Gasteiger partial charge in [0.1, 0.15) is 5.02 Å². The summed E-state index contributed by atoms with van der Waals surface area (Å²) in [6, 6.07) is 0. The van der Waals surface area contributed by atoms with Gasteiger partial charge in [-0.2, -0.15) is 0 Å². The van der Waals surface area contributed by atoms with E-state index in [0.29, 0.717) is 19.1 Å². The molecule has 1 aliphatic rings. The van der Waals surface area contributed by atoms with E-state index in [1.807, 2.05) is 0 Å². The maximum absolute atomic E-state index is 11.6. The van der Waals surface area contributed by atoms with E-state index in [1.165, 1.54) is 10.9 Å². The molecule has 1 unspecified atom stereocenters. The molecule has 0 radical (unpaired) electrons. The van der Waals surface area contributed by atoms with Crippen molar-refractivity contribution in [1.82, 2.24) is 9.55 Å². The Labute approximate surface area is 96.8 Å². The molecule has 1 aromatic heterocycles. The van der Waals surface area contributed by atoms with Gasteiger partial charge < -0.3 is 4.74 Å². The lowest BCUT2D eigenvalue weighted by Gasteiger charge is -2.10. The van der Waals surface area contributed by atoms with Crippen LogP contribution in [0.3, 0.4) is 0 Å². The van der Waals surface area contributed by atoms with E-state index in [2.05, 4.69) is 4.98 Å². The van der Waals surface area contributed by atoms with Gasteiger partial charge in [-0.3, -0.25) is 9.36 Å². The van der Waals surface area contributed by atoms with Crippen molar-refractivity contribution < 1.29 is 4.74 Å². The van der Waals surface area contributed by atoms with Crippen LogP contribution in [0.2, 0.25) is 10.2 Å². The zero-order chi connectivity index (χ0) is 10.8. The van der Waals surface area contributed by atoms with Crippen LogP contribution in [-0.4, -0.2) is 22.8 Å². The minimum absolute atomic E-state index is 0.0157. The molecular weight excluding hydrogens is 239 g/mol. The molecule has 1 fully saturated rings. The third-order valence-corrected chi connectivity index (χ3v) is 3.14. The molecule has 82 valence electrons. The van der Waals surface area contributed by atoms with Crippen LogP contribution in [0.25, 0.3) is 0 Å². The first-order chi connectivity index (χ1) is 7.18. The molecule has 4 nitrogen and oxygen atoms in total. The van der Waals surface area contributed by atoms with E-state index in [-0.39, 0.29) is 15.7 Å². The fraction of sp³-hybridized carbons (Fsp3) is 0.556. The minimum atomic E-state index is -0.288. The molecule has 15 heavy (non-hydrogen) atoms. The van der Waals surface area contributed by atoms with Crippen molar-refractivity contribution in [3.05, 3.63) is 26.9 Å². The average molecular weight is 249 g/mol. The second-order valence-electron chi connectivity index (χ2n) is 3.54. The van der Waals surface area contributed by atoms with E-state index in [1.54, 1.807) is 0 Å². The van der Waals surface area contributed by atoms with E-state index < -0.39 is 0 Å². The number of ether oxygens (including phenoxy) is 1. The van der Waals surface area contributed by atoms with Crippen LogP contribution in [0.15, 0.2) is 11.1 Å². The van der Waals surface area contributed by atoms with Crippen LogP contribution < -0.4 is 5.56 Å². The summed E-state index contributed by atoms with van der Waals surface area (Å²) in [5.74, 6) is 0.363. The molecule has 0 saturated carbocycles. The Morgan fingerprint density at radius 1 is 1.60 bits per heavy atom. The highest BCUT2D eigenvalue weighted by Gasteiger charge is 2.17. The highest BCUT2D eigenvalue weighted by Crippen LogP contribution is 2.16. The molecule has 0 bridgehead atoms. The van der Waals surface area contributed by atoms with Crippen LogP contribution in [0, 0.1) is 5.92 Å². The molecule has 0 spiro atoms. The Morgan fingerprint density at radius 3 is 3.07 bits per heavy atom. The Hall–Kier alpha value is -0.580. The normalized spacial score (nSPS) is 20.8. The summed E-state index contributed by atoms with van der Waals surface area (Å²) >= 11 is 11.3. The molecule has 0 aromatic carbocycles. The molecule has 1 saturated heterocycles. The second kappa shape index (κ2) is 4.51. The number of rotatable bonds is 2. The zero-order valence-corrected chi connectivity index (χ0v) is 9.46. The second-order valence-corrected chi connectivity index (χ2v) is 4.27. The number of hydrogen-bond acceptors (Lipinski definition) is 3. The molecule has 1 aromatic rings. The fourth-order valence-electron chi connectivity index (χ4n) is 1.58. The third kappa shape index (κ3) is 2.33. The summed E-state index contributed by atoms with van der Waals surface area (Å²) in [7, 11) is 0. The Balaban J connectivity index is 2.21. The number of aromatic nitrogens is 2. The molecule has 1 atom stereocenters. The van der Waals surface area contributed by atoms with Crippen molar-refractivity contribution in [2.75, 3.05) is 13.2 Å². The van der Waals surface area contributed by atoms with Gasteiger partial charge >= 0.3 is 0 Å². The monoisotopic (exact) mass is 248 g/mol. The highest BCUT2D eigenvalue weighted by atomic mass is 35.5. The predicted molar refractivity (Wildman–Crippen MR) is 57.4 cm³/mol. The minimum Gasteiger partial charge on any atom is -0.381 e.